The molecule has 1 aromatic carbocycles. The van der Waals surface area contributed by atoms with Crippen molar-refractivity contribution in [3.05, 3.63) is 35.4 Å². The van der Waals surface area contributed by atoms with Gasteiger partial charge in [-0.1, -0.05) is 50.7 Å². The lowest BCUT2D eigenvalue weighted by Gasteiger charge is -2.22. The molecule has 2 aliphatic carbocycles. The highest BCUT2D eigenvalue weighted by Crippen LogP contribution is 2.32. The Bertz CT molecular complexity index is 585. The Kier molecular flexibility index (Phi) is 7.10. The maximum Gasteiger partial charge on any atom is 0.251 e. The average molecular weight is 357 g/mol. The zero-order chi connectivity index (χ0) is 18.2. The fourth-order valence-corrected chi connectivity index (χ4v) is 4.28. The van der Waals surface area contributed by atoms with Crippen LogP contribution in [0.5, 0.6) is 0 Å². The first kappa shape index (κ1) is 18.9. The van der Waals surface area contributed by atoms with E-state index in [0.29, 0.717) is 30.5 Å². The zero-order valence-electron chi connectivity index (χ0n) is 15.8. The van der Waals surface area contributed by atoms with E-state index in [2.05, 4.69) is 22.8 Å². The maximum absolute atomic E-state index is 12.3. The summed E-state index contributed by atoms with van der Waals surface area (Å²) >= 11 is 0. The Morgan fingerprint density at radius 2 is 1.46 bits per heavy atom. The number of carbonyl (C=O) groups is 2. The molecule has 0 aliphatic heterocycles. The molecule has 0 saturated heterocycles. The summed E-state index contributed by atoms with van der Waals surface area (Å²) in [5.74, 6) is 0.611. The third kappa shape index (κ3) is 5.58. The van der Waals surface area contributed by atoms with Crippen LogP contribution in [0, 0.1) is 0 Å². The summed E-state index contributed by atoms with van der Waals surface area (Å²) in [6, 6.07) is 8.36. The van der Waals surface area contributed by atoms with Crippen LogP contribution in [-0.4, -0.2) is 24.4 Å². The van der Waals surface area contributed by atoms with E-state index in [-0.39, 0.29) is 11.8 Å². The number of hydrogen-bond donors (Lipinski definition) is 2. The van der Waals surface area contributed by atoms with Crippen LogP contribution in [0.25, 0.3) is 0 Å². The SMILES string of the molecule is O=C(CCNC(=O)c1ccc(C2CCCCC2)cc1)NC1CCCCC1. The molecule has 2 amide bonds. The van der Waals surface area contributed by atoms with Crippen molar-refractivity contribution in [2.45, 2.75) is 82.6 Å². The summed E-state index contributed by atoms with van der Waals surface area (Å²) in [4.78, 5) is 24.2. The molecule has 0 radical (unpaired) electrons. The monoisotopic (exact) mass is 356 g/mol. The van der Waals surface area contributed by atoms with Crippen molar-refractivity contribution in [2.24, 2.45) is 0 Å². The highest BCUT2D eigenvalue weighted by Gasteiger charge is 2.17. The van der Waals surface area contributed by atoms with Gasteiger partial charge in [0.05, 0.1) is 0 Å². The van der Waals surface area contributed by atoms with Crippen LogP contribution in [0.1, 0.15) is 92.5 Å². The Morgan fingerprint density at radius 1 is 0.846 bits per heavy atom. The van der Waals surface area contributed by atoms with E-state index in [0.717, 1.165) is 12.8 Å². The molecule has 4 nitrogen and oxygen atoms in total. The third-order valence-electron chi connectivity index (χ3n) is 5.86. The Hall–Kier alpha value is -1.84. The van der Waals surface area contributed by atoms with E-state index in [1.165, 1.54) is 56.9 Å². The molecule has 4 heteroatoms. The van der Waals surface area contributed by atoms with Gasteiger partial charge in [0, 0.05) is 24.6 Å². The van der Waals surface area contributed by atoms with Gasteiger partial charge in [-0.2, -0.15) is 0 Å². The molecule has 2 saturated carbocycles. The van der Waals surface area contributed by atoms with Crippen LogP contribution < -0.4 is 10.6 Å². The minimum atomic E-state index is -0.0920. The van der Waals surface area contributed by atoms with Crippen LogP contribution in [0.15, 0.2) is 24.3 Å². The van der Waals surface area contributed by atoms with Gasteiger partial charge in [0.25, 0.3) is 5.91 Å². The lowest BCUT2D eigenvalue weighted by atomic mass is 9.84. The first-order valence-corrected chi connectivity index (χ1v) is 10.4. The maximum atomic E-state index is 12.3. The normalized spacial score (nSPS) is 19.1. The molecule has 3 rings (SSSR count). The van der Waals surface area contributed by atoms with E-state index in [9.17, 15) is 9.59 Å². The van der Waals surface area contributed by atoms with Crippen LogP contribution in [0.3, 0.4) is 0 Å². The van der Waals surface area contributed by atoms with Gasteiger partial charge in [-0.3, -0.25) is 9.59 Å². The van der Waals surface area contributed by atoms with Crippen LogP contribution in [-0.2, 0) is 4.79 Å². The predicted molar refractivity (Wildman–Crippen MR) is 104 cm³/mol. The summed E-state index contributed by atoms with van der Waals surface area (Å²) in [6.45, 7) is 0.391. The van der Waals surface area contributed by atoms with Gasteiger partial charge in [-0.05, 0) is 49.3 Å². The molecule has 26 heavy (non-hydrogen) atoms. The van der Waals surface area contributed by atoms with Crippen molar-refractivity contribution in [1.29, 1.82) is 0 Å². The number of rotatable bonds is 6. The lowest BCUT2D eigenvalue weighted by Crippen LogP contribution is -2.38. The predicted octanol–water partition coefficient (Wildman–Crippen LogP) is 4.30. The van der Waals surface area contributed by atoms with E-state index in [1.807, 2.05) is 12.1 Å². The molecule has 2 aliphatic rings. The number of amides is 2. The van der Waals surface area contributed by atoms with Crippen LogP contribution >= 0.6 is 0 Å². The molecule has 0 spiro atoms. The fourth-order valence-electron chi connectivity index (χ4n) is 4.28. The van der Waals surface area contributed by atoms with E-state index >= 15 is 0 Å². The van der Waals surface area contributed by atoms with Gasteiger partial charge in [0.1, 0.15) is 0 Å². The molecule has 0 heterocycles. The summed E-state index contributed by atoms with van der Waals surface area (Å²) in [7, 11) is 0. The largest absolute Gasteiger partial charge is 0.353 e. The molecular formula is C22H32N2O2. The van der Waals surface area contributed by atoms with Gasteiger partial charge < -0.3 is 10.6 Å². The second-order valence-corrected chi connectivity index (χ2v) is 7.87. The second-order valence-electron chi connectivity index (χ2n) is 7.87. The summed E-state index contributed by atoms with van der Waals surface area (Å²) in [5, 5.41) is 5.95. The number of nitrogens with one attached hydrogen (secondary N) is 2. The Morgan fingerprint density at radius 3 is 2.12 bits per heavy atom. The molecule has 0 unspecified atom stereocenters. The standard InChI is InChI=1S/C22H32N2O2/c25-21(24-20-9-5-2-6-10-20)15-16-23-22(26)19-13-11-18(12-14-19)17-7-3-1-4-8-17/h11-14,17,20H,1-10,15-16H2,(H,23,26)(H,24,25). The minimum Gasteiger partial charge on any atom is -0.353 e. The van der Waals surface area contributed by atoms with Crippen molar-refractivity contribution in [2.75, 3.05) is 6.54 Å². The Balaban J connectivity index is 1.39. The summed E-state index contributed by atoms with van der Waals surface area (Å²) in [6.07, 6.45) is 12.7. The summed E-state index contributed by atoms with van der Waals surface area (Å²) in [5.41, 5.74) is 2.03. The molecule has 1 aromatic rings. The molecule has 0 bridgehead atoms. The van der Waals surface area contributed by atoms with Gasteiger partial charge in [0.2, 0.25) is 5.91 Å². The van der Waals surface area contributed by atoms with Gasteiger partial charge in [-0.15, -0.1) is 0 Å². The topological polar surface area (TPSA) is 58.2 Å². The van der Waals surface area contributed by atoms with Crippen molar-refractivity contribution in [1.82, 2.24) is 10.6 Å². The van der Waals surface area contributed by atoms with Crippen molar-refractivity contribution in [3.63, 3.8) is 0 Å². The average Bonchev–Trinajstić information content (AvgIpc) is 2.69. The Labute approximate surface area is 157 Å². The zero-order valence-corrected chi connectivity index (χ0v) is 15.8. The lowest BCUT2D eigenvalue weighted by molar-refractivity contribution is -0.121. The van der Waals surface area contributed by atoms with Crippen molar-refractivity contribution >= 4 is 11.8 Å². The molecule has 142 valence electrons. The van der Waals surface area contributed by atoms with E-state index < -0.39 is 0 Å². The molecule has 0 atom stereocenters. The van der Waals surface area contributed by atoms with Crippen molar-refractivity contribution < 1.29 is 9.59 Å². The quantitative estimate of drug-likeness (QED) is 0.798. The fraction of sp³-hybridized carbons (Fsp3) is 0.636. The number of benzene rings is 1. The second kappa shape index (κ2) is 9.75. The minimum absolute atomic E-state index is 0.0462. The molecule has 2 fully saturated rings. The van der Waals surface area contributed by atoms with Crippen LogP contribution in [0.2, 0.25) is 0 Å². The molecule has 0 aromatic heterocycles. The van der Waals surface area contributed by atoms with Gasteiger partial charge >= 0.3 is 0 Å². The van der Waals surface area contributed by atoms with E-state index in [1.54, 1.807) is 0 Å². The molecule has 2 N–H and O–H groups in total. The number of carbonyl (C=O) groups excluding carboxylic acids is 2. The van der Waals surface area contributed by atoms with E-state index in [4.69, 9.17) is 0 Å². The number of hydrogen-bond acceptors (Lipinski definition) is 2. The van der Waals surface area contributed by atoms with Gasteiger partial charge in [-0.25, -0.2) is 0 Å². The third-order valence-corrected chi connectivity index (χ3v) is 5.86. The first-order valence-electron chi connectivity index (χ1n) is 10.4. The van der Waals surface area contributed by atoms with Crippen LogP contribution in [0.4, 0.5) is 0 Å². The summed E-state index contributed by atoms with van der Waals surface area (Å²) < 4.78 is 0. The first-order chi connectivity index (χ1) is 12.7. The van der Waals surface area contributed by atoms with Crippen molar-refractivity contribution in [3.8, 4) is 0 Å². The van der Waals surface area contributed by atoms with Gasteiger partial charge in [0.15, 0.2) is 0 Å². The highest BCUT2D eigenvalue weighted by atomic mass is 16.2. The smallest absolute Gasteiger partial charge is 0.251 e. The highest BCUT2D eigenvalue weighted by molar-refractivity contribution is 5.94. The molecular weight excluding hydrogens is 324 g/mol.